The lowest BCUT2D eigenvalue weighted by atomic mass is 10.1. The summed E-state index contributed by atoms with van der Waals surface area (Å²) in [6, 6.07) is 15.7. The van der Waals surface area contributed by atoms with Crippen LogP contribution < -0.4 is 10.2 Å². The van der Waals surface area contributed by atoms with Crippen LogP contribution in [0.2, 0.25) is 0 Å². The van der Waals surface area contributed by atoms with Crippen molar-refractivity contribution in [3.05, 3.63) is 65.7 Å². The summed E-state index contributed by atoms with van der Waals surface area (Å²) in [4.78, 5) is 33.7. The van der Waals surface area contributed by atoms with E-state index in [0.717, 1.165) is 39.1 Å². The van der Waals surface area contributed by atoms with Crippen molar-refractivity contribution in [2.45, 2.75) is 13.3 Å². The first-order valence-electron chi connectivity index (χ1n) is 10.6. The van der Waals surface area contributed by atoms with E-state index in [-0.39, 0.29) is 11.5 Å². The Bertz CT molecular complexity index is 1090. The van der Waals surface area contributed by atoms with Crippen LogP contribution in [0.25, 0.3) is 10.9 Å². The van der Waals surface area contributed by atoms with Crippen molar-refractivity contribution in [1.29, 1.82) is 0 Å². The predicted molar refractivity (Wildman–Crippen MR) is 122 cm³/mol. The third-order valence-corrected chi connectivity index (χ3v) is 5.56. The first kappa shape index (κ1) is 20.8. The van der Waals surface area contributed by atoms with Gasteiger partial charge in [0, 0.05) is 42.8 Å². The summed E-state index contributed by atoms with van der Waals surface area (Å²) in [7, 11) is 0. The molecule has 1 saturated heterocycles. The van der Waals surface area contributed by atoms with E-state index >= 15 is 0 Å². The fraction of sp³-hybridized carbons (Fsp3) is 0.292. The number of carbonyl (C=O) groups excluding carboxylic acids is 1. The molecule has 1 aliphatic rings. The maximum atomic E-state index is 12.4. The fourth-order valence-corrected chi connectivity index (χ4v) is 3.94. The molecule has 7 heteroatoms. The summed E-state index contributed by atoms with van der Waals surface area (Å²) < 4.78 is 0. The minimum Gasteiger partial charge on any atom is -0.478 e. The molecule has 2 aromatic carbocycles. The molecule has 0 bridgehead atoms. The van der Waals surface area contributed by atoms with E-state index < -0.39 is 5.97 Å². The number of nitrogens with one attached hydrogen (secondary N) is 1. The van der Waals surface area contributed by atoms with Crippen LogP contribution in [0, 0.1) is 0 Å². The van der Waals surface area contributed by atoms with Gasteiger partial charge in [0.2, 0.25) is 0 Å². The van der Waals surface area contributed by atoms with Crippen molar-refractivity contribution in [2.75, 3.05) is 42.9 Å². The third-order valence-electron chi connectivity index (χ3n) is 5.56. The minimum absolute atomic E-state index is 0.187. The van der Waals surface area contributed by atoms with Gasteiger partial charge in [-0.2, -0.15) is 0 Å². The molecule has 0 aliphatic carbocycles. The van der Waals surface area contributed by atoms with Crippen molar-refractivity contribution >= 4 is 34.3 Å². The standard InChI is InChI=1S/C24H26N4O3/c1-2-10-27-11-13-28(14-12-27)22-16-20(24(30)31)19-15-18(8-9-21(19)26-22)25-23(29)17-6-4-3-5-7-17/h3-9,15-16H,2,10-14H2,1H3,(H,25,29)(H,30,31). The average molecular weight is 418 g/mol. The zero-order chi connectivity index (χ0) is 21.8. The highest BCUT2D eigenvalue weighted by Gasteiger charge is 2.20. The second kappa shape index (κ2) is 9.14. The SMILES string of the molecule is CCCN1CCN(c2cc(C(=O)O)c3cc(NC(=O)c4ccccc4)ccc3n2)CC1. The van der Waals surface area contributed by atoms with Gasteiger partial charge in [0.05, 0.1) is 11.1 Å². The Morgan fingerprint density at radius 2 is 1.77 bits per heavy atom. The number of aromatic carboxylic acids is 1. The summed E-state index contributed by atoms with van der Waals surface area (Å²) in [6.07, 6.45) is 1.13. The van der Waals surface area contributed by atoms with Crippen LogP contribution in [0.5, 0.6) is 0 Å². The predicted octanol–water partition coefficient (Wildman–Crippen LogP) is 3.72. The van der Waals surface area contributed by atoms with E-state index in [4.69, 9.17) is 4.98 Å². The van der Waals surface area contributed by atoms with Gasteiger partial charge in [-0.1, -0.05) is 25.1 Å². The van der Waals surface area contributed by atoms with Crippen molar-refractivity contribution < 1.29 is 14.7 Å². The molecule has 4 rings (SSSR count). The lowest BCUT2D eigenvalue weighted by Gasteiger charge is -2.35. The van der Waals surface area contributed by atoms with Crippen LogP contribution in [-0.2, 0) is 0 Å². The number of carboxylic acids is 1. The highest BCUT2D eigenvalue weighted by molar-refractivity contribution is 6.08. The Hall–Kier alpha value is -3.45. The molecular formula is C24H26N4O3. The average Bonchev–Trinajstić information content (AvgIpc) is 2.79. The normalized spacial score (nSPS) is 14.5. The van der Waals surface area contributed by atoms with E-state index in [1.54, 1.807) is 48.5 Å². The number of benzene rings is 2. The molecule has 0 spiro atoms. The number of pyridine rings is 1. The summed E-state index contributed by atoms with van der Waals surface area (Å²) in [5, 5.41) is 13.2. The van der Waals surface area contributed by atoms with Crippen molar-refractivity contribution in [3.8, 4) is 0 Å². The Balaban J connectivity index is 1.61. The fourth-order valence-electron chi connectivity index (χ4n) is 3.94. The van der Waals surface area contributed by atoms with E-state index in [9.17, 15) is 14.7 Å². The molecule has 2 N–H and O–H groups in total. The van der Waals surface area contributed by atoms with Crippen LogP contribution in [0.1, 0.15) is 34.1 Å². The minimum atomic E-state index is -1.01. The van der Waals surface area contributed by atoms with Crippen molar-refractivity contribution in [2.24, 2.45) is 0 Å². The molecule has 0 atom stereocenters. The Morgan fingerprint density at radius 3 is 2.45 bits per heavy atom. The lowest BCUT2D eigenvalue weighted by molar-refractivity contribution is 0.0698. The lowest BCUT2D eigenvalue weighted by Crippen LogP contribution is -2.46. The number of rotatable bonds is 6. The summed E-state index contributed by atoms with van der Waals surface area (Å²) in [6.45, 7) is 6.79. The Morgan fingerprint density at radius 1 is 1.03 bits per heavy atom. The molecule has 7 nitrogen and oxygen atoms in total. The second-order valence-corrected chi connectivity index (χ2v) is 7.71. The number of carbonyl (C=O) groups is 2. The number of carboxylic acid groups (broad SMARTS) is 1. The van der Waals surface area contributed by atoms with Gasteiger partial charge in [0.1, 0.15) is 5.82 Å². The van der Waals surface area contributed by atoms with Gasteiger partial charge < -0.3 is 15.3 Å². The van der Waals surface area contributed by atoms with Crippen LogP contribution >= 0.6 is 0 Å². The molecule has 1 fully saturated rings. The van der Waals surface area contributed by atoms with Gasteiger partial charge in [0.15, 0.2) is 0 Å². The molecule has 0 unspecified atom stereocenters. The largest absolute Gasteiger partial charge is 0.478 e. The molecule has 31 heavy (non-hydrogen) atoms. The molecule has 1 aromatic heterocycles. The Labute approximate surface area is 181 Å². The molecule has 1 amide bonds. The van der Waals surface area contributed by atoms with Gasteiger partial charge in [0.25, 0.3) is 5.91 Å². The smallest absolute Gasteiger partial charge is 0.336 e. The number of hydrogen-bond acceptors (Lipinski definition) is 5. The molecule has 2 heterocycles. The number of hydrogen-bond donors (Lipinski definition) is 2. The number of nitrogens with zero attached hydrogens (tertiary/aromatic N) is 3. The maximum absolute atomic E-state index is 12.4. The summed E-state index contributed by atoms with van der Waals surface area (Å²) in [5.41, 5.74) is 1.86. The first-order chi connectivity index (χ1) is 15.0. The molecular weight excluding hydrogens is 392 g/mol. The van der Waals surface area contributed by atoms with Crippen LogP contribution in [0.15, 0.2) is 54.6 Å². The number of fused-ring (bicyclic) bond motifs is 1. The number of piperazine rings is 1. The highest BCUT2D eigenvalue weighted by atomic mass is 16.4. The monoisotopic (exact) mass is 418 g/mol. The van der Waals surface area contributed by atoms with Gasteiger partial charge in [-0.3, -0.25) is 9.69 Å². The highest BCUT2D eigenvalue weighted by Crippen LogP contribution is 2.27. The second-order valence-electron chi connectivity index (χ2n) is 7.71. The molecule has 160 valence electrons. The van der Waals surface area contributed by atoms with Gasteiger partial charge >= 0.3 is 5.97 Å². The Kier molecular flexibility index (Phi) is 6.13. The number of amides is 1. The topological polar surface area (TPSA) is 85.8 Å². The molecule has 1 aliphatic heterocycles. The quantitative estimate of drug-likeness (QED) is 0.635. The molecule has 0 saturated carbocycles. The molecule has 0 radical (unpaired) electrons. The summed E-state index contributed by atoms with van der Waals surface area (Å²) in [5.74, 6) is -0.571. The van der Waals surface area contributed by atoms with Crippen molar-refractivity contribution in [1.82, 2.24) is 9.88 Å². The first-order valence-corrected chi connectivity index (χ1v) is 10.6. The van der Waals surface area contributed by atoms with Gasteiger partial charge in [-0.15, -0.1) is 0 Å². The third kappa shape index (κ3) is 4.67. The van der Waals surface area contributed by atoms with E-state index in [2.05, 4.69) is 22.0 Å². The summed E-state index contributed by atoms with van der Waals surface area (Å²) >= 11 is 0. The van der Waals surface area contributed by atoms with E-state index in [1.807, 2.05) is 6.07 Å². The number of aromatic nitrogens is 1. The van der Waals surface area contributed by atoms with E-state index in [0.29, 0.717) is 28.0 Å². The van der Waals surface area contributed by atoms with Crippen LogP contribution in [0.4, 0.5) is 11.5 Å². The van der Waals surface area contributed by atoms with Gasteiger partial charge in [-0.05, 0) is 49.4 Å². The zero-order valence-corrected chi connectivity index (χ0v) is 17.5. The van der Waals surface area contributed by atoms with Crippen molar-refractivity contribution in [3.63, 3.8) is 0 Å². The molecule has 3 aromatic rings. The zero-order valence-electron chi connectivity index (χ0n) is 17.5. The van der Waals surface area contributed by atoms with Crippen LogP contribution in [0.3, 0.4) is 0 Å². The van der Waals surface area contributed by atoms with E-state index in [1.165, 1.54) is 0 Å². The number of anilines is 2. The maximum Gasteiger partial charge on any atom is 0.336 e. The van der Waals surface area contributed by atoms with Gasteiger partial charge in [-0.25, -0.2) is 9.78 Å². The van der Waals surface area contributed by atoms with Crippen LogP contribution in [-0.4, -0.2) is 59.6 Å².